The molecule has 1 aromatic carbocycles. The lowest BCUT2D eigenvalue weighted by Crippen LogP contribution is -2.08. The van der Waals surface area contributed by atoms with Gasteiger partial charge in [-0.2, -0.15) is 0 Å². The summed E-state index contributed by atoms with van der Waals surface area (Å²) >= 11 is 0. The number of hydrogen-bond acceptors (Lipinski definition) is 2. The minimum Gasteiger partial charge on any atom is -0.300 e. The smallest absolute Gasteiger partial charge is 0.137 e. The Kier molecular flexibility index (Phi) is 5.67. The van der Waals surface area contributed by atoms with E-state index in [1.807, 2.05) is 24.3 Å². The number of benzene rings is 1. The average molecular weight is 336 g/mol. The van der Waals surface area contributed by atoms with Crippen molar-refractivity contribution >= 4 is 11.6 Å². The van der Waals surface area contributed by atoms with Crippen LogP contribution in [-0.4, -0.2) is 11.6 Å². The van der Waals surface area contributed by atoms with Gasteiger partial charge >= 0.3 is 0 Å². The molecule has 1 saturated carbocycles. The molecule has 0 spiro atoms. The molecule has 3 rings (SSSR count). The summed E-state index contributed by atoms with van der Waals surface area (Å²) in [5.41, 5.74) is 5.13. The molecule has 0 radical (unpaired) electrons. The van der Waals surface area contributed by atoms with Gasteiger partial charge in [0.05, 0.1) is 0 Å². The van der Waals surface area contributed by atoms with Crippen molar-refractivity contribution in [3.05, 3.63) is 58.7 Å². The van der Waals surface area contributed by atoms with Crippen molar-refractivity contribution in [2.24, 2.45) is 11.8 Å². The predicted octanol–water partition coefficient (Wildman–Crippen LogP) is 5.01. The van der Waals surface area contributed by atoms with Crippen LogP contribution in [0.5, 0.6) is 0 Å². The molecule has 1 fully saturated rings. The molecule has 2 aliphatic rings. The van der Waals surface area contributed by atoms with Crippen molar-refractivity contribution < 1.29 is 9.59 Å². The molecule has 0 aliphatic heterocycles. The first-order valence-electron chi connectivity index (χ1n) is 9.56. The second-order valence-corrected chi connectivity index (χ2v) is 7.55. The van der Waals surface area contributed by atoms with Crippen LogP contribution in [0.4, 0.5) is 0 Å². The van der Waals surface area contributed by atoms with E-state index in [1.54, 1.807) is 12.5 Å². The zero-order valence-corrected chi connectivity index (χ0v) is 15.4. The molecule has 132 valence electrons. The molecule has 2 heteroatoms. The highest BCUT2D eigenvalue weighted by atomic mass is 16.1. The van der Waals surface area contributed by atoms with Gasteiger partial charge in [0, 0.05) is 25.2 Å². The quantitative estimate of drug-likeness (QED) is 0.635. The largest absolute Gasteiger partial charge is 0.300 e. The number of ketones is 2. The minimum atomic E-state index is 0.165. The van der Waals surface area contributed by atoms with Crippen LogP contribution in [0, 0.1) is 11.8 Å². The Morgan fingerprint density at radius 3 is 2.20 bits per heavy atom. The first-order valence-corrected chi connectivity index (χ1v) is 9.56. The van der Waals surface area contributed by atoms with Crippen LogP contribution in [-0.2, 0) is 22.4 Å². The van der Waals surface area contributed by atoms with E-state index in [1.165, 1.54) is 18.4 Å². The topological polar surface area (TPSA) is 34.1 Å². The minimum absolute atomic E-state index is 0.165. The van der Waals surface area contributed by atoms with Crippen molar-refractivity contribution in [3.63, 3.8) is 0 Å². The third-order valence-electron chi connectivity index (χ3n) is 5.37. The summed E-state index contributed by atoms with van der Waals surface area (Å²) < 4.78 is 0. The van der Waals surface area contributed by atoms with E-state index in [4.69, 9.17) is 0 Å². The molecule has 0 N–H and O–H groups in total. The highest BCUT2D eigenvalue weighted by Gasteiger charge is 2.33. The maximum atomic E-state index is 12.4. The van der Waals surface area contributed by atoms with Crippen LogP contribution >= 0.6 is 0 Å². The van der Waals surface area contributed by atoms with Gasteiger partial charge in [0.2, 0.25) is 0 Å². The summed E-state index contributed by atoms with van der Waals surface area (Å²) in [5, 5.41) is 0. The Bertz CT molecular complexity index is 702. The summed E-state index contributed by atoms with van der Waals surface area (Å²) in [5.74, 6) is 1.88. The van der Waals surface area contributed by atoms with Gasteiger partial charge in [0.25, 0.3) is 0 Å². The molecule has 2 nitrogen and oxygen atoms in total. The zero-order valence-electron chi connectivity index (χ0n) is 15.4. The van der Waals surface area contributed by atoms with Gasteiger partial charge < -0.3 is 0 Å². The molecule has 0 bridgehead atoms. The first-order chi connectivity index (χ1) is 12.1. The van der Waals surface area contributed by atoms with Crippen LogP contribution in [0.2, 0.25) is 0 Å². The van der Waals surface area contributed by atoms with Crippen LogP contribution in [0.25, 0.3) is 0 Å². The second-order valence-electron chi connectivity index (χ2n) is 7.55. The van der Waals surface area contributed by atoms with Crippen LogP contribution in [0.3, 0.4) is 0 Å². The Hall–Kier alpha value is -1.96. The molecule has 0 amide bonds. The lowest BCUT2D eigenvalue weighted by Gasteiger charge is -2.17. The number of hydrogen-bond donors (Lipinski definition) is 0. The van der Waals surface area contributed by atoms with Gasteiger partial charge in [-0.15, -0.1) is 0 Å². The summed E-state index contributed by atoms with van der Waals surface area (Å²) in [6, 6.07) is 7.88. The summed E-state index contributed by atoms with van der Waals surface area (Å²) in [4.78, 5) is 23.5. The average Bonchev–Trinajstić information content (AvgIpc) is 3.34. The van der Waals surface area contributed by atoms with Gasteiger partial charge in [-0.3, -0.25) is 9.59 Å². The molecule has 0 saturated heterocycles. The molecule has 2 aliphatic carbocycles. The van der Waals surface area contributed by atoms with E-state index in [9.17, 15) is 9.59 Å². The molecule has 1 aromatic rings. The third-order valence-corrected chi connectivity index (χ3v) is 5.37. The van der Waals surface area contributed by atoms with E-state index in [0.29, 0.717) is 31.0 Å². The summed E-state index contributed by atoms with van der Waals surface area (Å²) in [6.07, 6.45) is 10.9. The van der Waals surface area contributed by atoms with Crippen LogP contribution < -0.4 is 0 Å². The Morgan fingerprint density at radius 1 is 1.00 bits per heavy atom. The highest BCUT2D eigenvalue weighted by molar-refractivity contribution is 5.81. The molecule has 25 heavy (non-hydrogen) atoms. The van der Waals surface area contributed by atoms with Gasteiger partial charge in [0.15, 0.2) is 0 Å². The number of rotatable bonds is 9. The Labute approximate surface area is 151 Å². The molecule has 0 aromatic heterocycles. The van der Waals surface area contributed by atoms with Crippen LogP contribution in [0.1, 0.15) is 57.1 Å². The normalized spacial score (nSPS) is 19.5. The fourth-order valence-electron chi connectivity index (χ4n) is 3.90. The fraction of sp³-hybridized carbons (Fsp3) is 0.478. The van der Waals surface area contributed by atoms with Crippen LogP contribution in [0.15, 0.2) is 47.6 Å². The van der Waals surface area contributed by atoms with Gasteiger partial charge in [0.1, 0.15) is 11.6 Å². The molecule has 0 heterocycles. The number of Topliss-reactive ketones (excluding diaryl/α,β-unsaturated/α-hetero) is 2. The maximum Gasteiger partial charge on any atom is 0.137 e. The van der Waals surface area contributed by atoms with Gasteiger partial charge in [-0.25, -0.2) is 0 Å². The van der Waals surface area contributed by atoms with Gasteiger partial charge in [-0.05, 0) is 49.7 Å². The maximum absolute atomic E-state index is 12.4. The van der Waals surface area contributed by atoms with Crippen molar-refractivity contribution in [2.75, 3.05) is 0 Å². The second kappa shape index (κ2) is 7.95. The zero-order chi connectivity index (χ0) is 17.8. The number of allylic oxidation sites excluding steroid dienone is 4. The van der Waals surface area contributed by atoms with Gasteiger partial charge in [-0.1, -0.05) is 54.5 Å². The van der Waals surface area contributed by atoms with Crippen molar-refractivity contribution in [3.8, 4) is 0 Å². The van der Waals surface area contributed by atoms with E-state index in [2.05, 4.69) is 19.1 Å². The molecular formula is C23H28O2. The fourth-order valence-corrected chi connectivity index (χ4v) is 3.90. The Morgan fingerprint density at radius 2 is 1.64 bits per heavy atom. The van der Waals surface area contributed by atoms with Crippen molar-refractivity contribution in [2.45, 2.75) is 58.8 Å². The van der Waals surface area contributed by atoms with Crippen molar-refractivity contribution in [1.82, 2.24) is 0 Å². The lowest BCUT2D eigenvalue weighted by molar-refractivity contribution is -0.118. The summed E-state index contributed by atoms with van der Waals surface area (Å²) in [6.45, 7) is 3.85. The van der Waals surface area contributed by atoms with E-state index in [0.717, 1.165) is 29.9 Å². The van der Waals surface area contributed by atoms with Crippen molar-refractivity contribution in [1.29, 1.82) is 0 Å². The van der Waals surface area contributed by atoms with E-state index < -0.39 is 0 Å². The summed E-state index contributed by atoms with van der Waals surface area (Å²) in [7, 11) is 0. The van der Waals surface area contributed by atoms with E-state index in [-0.39, 0.29) is 5.78 Å². The predicted molar refractivity (Wildman–Crippen MR) is 101 cm³/mol. The SMILES string of the molecule is CCC1C(CCC(=O)Cc2ccc(CC(C)=O)cc2)=CC=C1C1CC1. The molecular weight excluding hydrogens is 308 g/mol. The van der Waals surface area contributed by atoms with E-state index >= 15 is 0 Å². The molecule has 1 atom stereocenters. The Balaban J connectivity index is 1.47. The monoisotopic (exact) mass is 336 g/mol. The molecule has 1 unspecified atom stereocenters. The highest BCUT2D eigenvalue weighted by Crippen LogP contribution is 2.46. The first kappa shape index (κ1) is 17.8. The number of carbonyl (C=O) groups excluding carboxylic acids is 2. The standard InChI is InChI=1S/C23H28O2/c1-3-22-19(11-13-23(22)20-8-9-20)10-12-21(25)15-18-6-4-17(5-7-18)14-16(2)24/h4-7,11,13,20,22H,3,8-10,12,14-15H2,1-2H3. The third kappa shape index (κ3) is 4.78. The lowest BCUT2D eigenvalue weighted by atomic mass is 9.87. The number of carbonyl (C=O) groups is 2.